The molecule has 0 aliphatic carbocycles. The second-order valence-corrected chi connectivity index (χ2v) is 6.29. The van der Waals surface area contributed by atoms with Crippen molar-refractivity contribution in [2.24, 2.45) is 0 Å². The molecule has 0 aliphatic rings. The Morgan fingerprint density at radius 3 is 2.37 bits per heavy atom. The van der Waals surface area contributed by atoms with Gasteiger partial charge in [-0.15, -0.1) is 0 Å². The van der Waals surface area contributed by atoms with Crippen LogP contribution in [-0.4, -0.2) is 17.1 Å². The topological polar surface area (TPSA) is 59.1 Å². The van der Waals surface area contributed by atoms with Crippen LogP contribution in [0.2, 0.25) is 5.02 Å². The summed E-state index contributed by atoms with van der Waals surface area (Å²) < 4.78 is 5.19. The lowest BCUT2D eigenvalue weighted by Crippen LogP contribution is -2.02. The molecule has 0 saturated carbocycles. The smallest absolute Gasteiger partial charge is 0.229 e. The molecule has 0 unspecified atom stereocenters. The second-order valence-electron chi connectivity index (χ2n) is 5.88. The van der Waals surface area contributed by atoms with Crippen molar-refractivity contribution in [1.29, 1.82) is 0 Å². The van der Waals surface area contributed by atoms with Crippen molar-refractivity contribution in [3.05, 3.63) is 77.8 Å². The Hall–Kier alpha value is -3.31. The van der Waals surface area contributed by atoms with Gasteiger partial charge in [-0.3, -0.25) is 0 Å². The highest BCUT2D eigenvalue weighted by Gasteiger charge is 2.09. The van der Waals surface area contributed by atoms with E-state index in [4.69, 9.17) is 16.3 Å². The number of nitrogens with zero attached hydrogens (tertiary/aromatic N) is 2. The maximum absolute atomic E-state index is 6.21. The number of para-hydroxylation sites is 2. The molecule has 1 heterocycles. The van der Waals surface area contributed by atoms with Crippen LogP contribution in [0.3, 0.4) is 0 Å². The van der Waals surface area contributed by atoms with E-state index in [0.29, 0.717) is 16.7 Å². The molecule has 134 valence electrons. The molecule has 2 N–H and O–H groups in total. The van der Waals surface area contributed by atoms with E-state index in [-0.39, 0.29) is 0 Å². The van der Waals surface area contributed by atoms with Crippen molar-refractivity contribution in [1.82, 2.24) is 9.97 Å². The number of anilines is 4. The predicted molar refractivity (Wildman–Crippen MR) is 111 cm³/mol. The van der Waals surface area contributed by atoms with Crippen LogP contribution in [0.25, 0.3) is 10.9 Å². The number of nitrogens with one attached hydrogen (secondary N) is 2. The molecule has 0 radical (unpaired) electrons. The van der Waals surface area contributed by atoms with Crippen LogP contribution in [0.5, 0.6) is 5.75 Å². The van der Waals surface area contributed by atoms with Gasteiger partial charge in [0.1, 0.15) is 11.6 Å². The van der Waals surface area contributed by atoms with Gasteiger partial charge in [-0.2, -0.15) is 4.98 Å². The summed E-state index contributed by atoms with van der Waals surface area (Å²) >= 11 is 6.21. The Morgan fingerprint density at radius 2 is 1.59 bits per heavy atom. The van der Waals surface area contributed by atoms with Gasteiger partial charge < -0.3 is 15.4 Å². The molecule has 4 aromatic rings. The number of fused-ring (bicyclic) bond motifs is 1. The van der Waals surface area contributed by atoms with E-state index < -0.39 is 0 Å². The van der Waals surface area contributed by atoms with Gasteiger partial charge in [-0.25, -0.2) is 4.98 Å². The fraction of sp³-hybridized carbons (Fsp3) is 0.0476. The van der Waals surface area contributed by atoms with E-state index in [1.807, 2.05) is 60.7 Å². The third-order valence-electron chi connectivity index (χ3n) is 4.05. The first-order chi connectivity index (χ1) is 13.2. The quantitative estimate of drug-likeness (QED) is 0.462. The summed E-state index contributed by atoms with van der Waals surface area (Å²) in [5, 5.41) is 8.04. The maximum atomic E-state index is 6.21. The standard InChI is InChI=1S/C21H17ClN4O/c1-27-19-12-11-15(13-17(19)22)24-21-25-18-10-6-5-9-16(18)20(26-21)23-14-7-3-2-4-8-14/h2-13H,1H3,(H2,23,24,25,26). The number of ether oxygens (including phenoxy) is 1. The Kier molecular flexibility index (Phi) is 4.77. The average molecular weight is 377 g/mol. The number of methoxy groups -OCH3 is 1. The van der Waals surface area contributed by atoms with Gasteiger partial charge in [0.2, 0.25) is 5.95 Å². The number of rotatable bonds is 5. The Labute approximate surface area is 162 Å². The van der Waals surface area contributed by atoms with Crippen LogP contribution in [0.15, 0.2) is 72.8 Å². The van der Waals surface area contributed by atoms with E-state index >= 15 is 0 Å². The van der Waals surface area contributed by atoms with E-state index in [1.54, 1.807) is 19.2 Å². The molecular weight excluding hydrogens is 360 g/mol. The lowest BCUT2D eigenvalue weighted by Gasteiger charge is -2.12. The highest BCUT2D eigenvalue weighted by atomic mass is 35.5. The Morgan fingerprint density at radius 1 is 0.815 bits per heavy atom. The number of hydrogen-bond acceptors (Lipinski definition) is 5. The maximum Gasteiger partial charge on any atom is 0.229 e. The third-order valence-corrected chi connectivity index (χ3v) is 4.34. The summed E-state index contributed by atoms with van der Waals surface area (Å²) in [6.07, 6.45) is 0. The molecule has 3 aromatic carbocycles. The van der Waals surface area contributed by atoms with Crippen molar-refractivity contribution in [3.8, 4) is 5.75 Å². The molecule has 27 heavy (non-hydrogen) atoms. The van der Waals surface area contributed by atoms with Crippen LogP contribution in [0.1, 0.15) is 0 Å². The fourth-order valence-electron chi connectivity index (χ4n) is 2.76. The Bertz CT molecular complexity index is 1090. The first-order valence-electron chi connectivity index (χ1n) is 8.42. The minimum atomic E-state index is 0.480. The van der Waals surface area contributed by atoms with E-state index in [2.05, 4.69) is 20.6 Å². The van der Waals surface area contributed by atoms with E-state index in [0.717, 1.165) is 28.1 Å². The van der Waals surface area contributed by atoms with Gasteiger partial charge in [0, 0.05) is 16.8 Å². The molecule has 6 heteroatoms. The van der Waals surface area contributed by atoms with E-state index in [1.165, 1.54) is 0 Å². The van der Waals surface area contributed by atoms with Gasteiger partial charge in [-0.1, -0.05) is 41.9 Å². The summed E-state index contributed by atoms with van der Waals surface area (Å²) in [6.45, 7) is 0. The number of benzene rings is 3. The zero-order valence-electron chi connectivity index (χ0n) is 14.6. The molecular formula is C21H17ClN4O. The summed E-state index contributed by atoms with van der Waals surface area (Å²) in [5.41, 5.74) is 2.58. The molecule has 5 nitrogen and oxygen atoms in total. The van der Waals surface area contributed by atoms with Gasteiger partial charge in [0.25, 0.3) is 0 Å². The van der Waals surface area contributed by atoms with Crippen LogP contribution in [-0.2, 0) is 0 Å². The second kappa shape index (κ2) is 7.51. The zero-order valence-corrected chi connectivity index (χ0v) is 15.4. The molecule has 4 rings (SSSR count). The molecule has 0 spiro atoms. The van der Waals surface area contributed by atoms with Crippen molar-refractivity contribution in [2.45, 2.75) is 0 Å². The monoisotopic (exact) mass is 376 g/mol. The summed E-state index contributed by atoms with van der Waals surface area (Å²) in [7, 11) is 1.59. The molecule has 1 aromatic heterocycles. The zero-order chi connectivity index (χ0) is 18.6. The summed E-state index contributed by atoms with van der Waals surface area (Å²) in [5.74, 6) is 1.83. The largest absolute Gasteiger partial charge is 0.495 e. The lowest BCUT2D eigenvalue weighted by molar-refractivity contribution is 0.415. The van der Waals surface area contributed by atoms with Gasteiger partial charge in [0.15, 0.2) is 0 Å². The average Bonchev–Trinajstić information content (AvgIpc) is 2.69. The van der Waals surface area contributed by atoms with Crippen LogP contribution in [0.4, 0.5) is 23.1 Å². The summed E-state index contributed by atoms with van der Waals surface area (Å²) in [6, 6.07) is 23.2. The Balaban J connectivity index is 1.72. The third kappa shape index (κ3) is 3.78. The minimum Gasteiger partial charge on any atom is -0.495 e. The van der Waals surface area contributed by atoms with Gasteiger partial charge in [0.05, 0.1) is 17.6 Å². The first-order valence-corrected chi connectivity index (χ1v) is 8.80. The molecule has 0 fully saturated rings. The predicted octanol–water partition coefficient (Wildman–Crippen LogP) is 5.78. The summed E-state index contributed by atoms with van der Waals surface area (Å²) in [4.78, 5) is 9.26. The van der Waals surface area contributed by atoms with Crippen molar-refractivity contribution in [3.63, 3.8) is 0 Å². The molecule has 0 aliphatic heterocycles. The minimum absolute atomic E-state index is 0.480. The van der Waals surface area contributed by atoms with Crippen molar-refractivity contribution >= 4 is 45.6 Å². The number of aromatic nitrogens is 2. The number of halogens is 1. The van der Waals surface area contributed by atoms with Crippen molar-refractivity contribution in [2.75, 3.05) is 17.7 Å². The molecule has 0 amide bonds. The molecule has 0 atom stereocenters. The number of hydrogen-bond donors (Lipinski definition) is 2. The van der Waals surface area contributed by atoms with E-state index in [9.17, 15) is 0 Å². The van der Waals surface area contributed by atoms with Crippen LogP contribution < -0.4 is 15.4 Å². The van der Waals surface area contributed by atoms with Gasteiger partial charge >= 0.3 is 0 Å². The highest BCUT2D eigenvalue weighted by Crippen LogP contribution is 2.30. The molecule has 0 bridgehead atoms. The van der Waals surface area contributed by atoms with Gasteiger partial charge in [-0.05, 0) is 42.5 Å². The normalized spacial score (nSPS) is 10.6. The fourth-order valence-corrected chi connectivity index (χ4v) is 3.02. The lowest BCUT2D eigenvalue weighted by atomic mass is 10.2. The first kappa shape index (κ1) is 17.1. The highest BCUT2D eigenvalue weighted by molar-refractivity contribution is 6.32. The SMILES string of the molecule is COc1ccc(Nc2nc(Nc3ccccc3)c3ccccc3n2)cc1Cl. The van der Waals surface area contributed by atoms with Crippen LogP contribution in [0, 0.1) is 0 Å². The van der Waals surface area contributed by atoms with Crippen LogP contribution >= 0.6 is 11.6 Å². The molecule has 0 saturated heterocycles. The van der Waals surface area contributed by atoms with Crippen molar-refractivity contribution < 1.29 is 4.74 Å².